The molecule has 0 aliphatic carbocycles. The Morgan fingerprint density at radius 2 is 2.04 bits per heavy atom. The summed E-state index contributed by atoms with van der Waals surface area (Å²) in [6.07, 6.45) is 0.634. The first-order valence-corrected chi connectivity index (χ1v) is 9.51. The van der Waals surface area contributed by atoms with Gasteiger partial charge >= 0.3 is 0 Å². The quantitative estimate of drug-likeness (QED) is 0.856. The zero-order chi connectivity index (χ0) is 19.9. The normalized spacial score (nSPS) is 19.8. The molecule has 0 unspecified atom stereocenters. The number of rotatable bonds is 3. The second-order valence-corrected chi connectivity index (χ2v) is 7.99. The van der Waals surface area contributed by atoms with Crippen LogP contribution in [0.2, 0.25) is 5.02 Å². The van der Waals surface area contributed by atoms with Crippen molar-refractivity contribution in [2.45, 2.75) is 31.9 Å². The van der Waals surface area contributed by atoms with Crippen molar-refractivity contribution in [3.05, 3.63) is 53.1 Å². The molecule has 2 aromatic rings. The number of carbonyl (C=O) groups is 2. The highest BCUT2D eigenvalue weighted by molar-refractivity contribution is 6.32. The Balaban J connectivity index is 1.54. The standard InChI is InChI=1S/C21H21ClN2O4/c1-21(2)10-15(13-6-3-4-9-17(13)28-21)23-18(25)11-24-16-8-5-7-14(22)20(16)27-12-19(24)26/h3-9,15H,10-12H2,1-2H3,(H,23,25)/t15-/m1/s1. The van der Waals surface area contributed by atoms with Crippen molar-refractivity contribution in [3.63, 3.8) is 0 Å². The van der Waals surface area contributed by atoms with Gasteiger partial charge in [0.05, 0.1) is 16.8 Å². The summed E-state index contributed by atoms with van der Waals surface area (Å²) in [5.41, 5.74) is 1.04. The van der Waals surface area contributed by atoms with E-state index in [0.29, 0.717) is 22.9 Å². The molecular formula is C21H21ClN2O4. The molecule has 28 heavy (non-hydrogen) atoms. The van der Waals surface area contributed by atoms with E-state index in [2.05, 4.69) is 5.32 Å². The summed E-state index contributed by atoms with van der Waals surface area (Å²) in [5, 5.41) is 3.47. The number of para-hydroxylation sites is 2. The third kappa shape index (κ3) is 3.52. The van der Waals surface area contributed by atoms with E-state index < -0.39 is 5.60 Å². The van der Waals surface area contributed by atoms with Crippen LogP contribution in [-0.2, 0) is 9.59 Å². The van der Waals surface area contributed by atoms with Crippen molar-refractivity contribution in [1.29, 1.82) is 0 Å². The molecule has 0 bridgehead atoms. The summed E-state index contributed by atoms with van der Waals surface area (Å²) in [6.45, 7) is 3.74. The lowest BCUT2D eigenvalue weighted by Gasteiger charge is -2.38. The van der Waals surface area contributed by atoms with Crippen LogP contribution in [0.3, 0.4) is 0 Å². The van der Waals surface area contributed by atoms with E-state index in [1.807, 2.05) is 38.1 Å². The number of hydrogen-bond donors (Lipinski definition) is 1. The first-order valence-electron chi connectivity index (χ1n) is 9.13. The molecule has 0 radical (unpaired) electrons. The number of ether oxygens (including phenoxy) is 2. The number of carbonyl (C=O) groups excluding carboxylic acids is 2. The lowest BCUT2D eigenvalue weighted by molar-refractivity contribution is -0.126. The van der Waals surface area contributed by atoms with E-state index in [-0.39, 0.29) is 31.0 Å². The molecule has 2 amide bonds. The number of hydrogen-bond acceptors (Lipinski definition) is 4. The van der Waals surface area contributed by atoms with Crippen LogP contribution in [-0.4, -0.2) is 30.6 Å². The average molecular weight is 401 g/mol. The molecule has 0 saturated heterocycles. The molecule has 2 aromatic carbocycles. The Labute approximate surface area is 168 Å². The second-order valence-electron chi connectivity index (χ2n) is 7.58. The third-order valence-electron chi connectivity index (χ3n) is 4.89. The molecule has 1 atom stereocenters. The number of anilines is 1. The predicted molar refractivity (Wildman–Crippen MR) is 106 cm³/mol. The van der Waals surface area contributed by atoms with Crippen molar-refractivity contribution < 1.29 is 19.1 Å². The first-order chi connectivity index (χ1) is 13.3. The molecule has 2 heterocycles. The molecule has 1 N–H and O–H groups in total. The van der Waals surface area contributed by atoms with Crippen molar-refractivity contribution in [3.8, 4) is 11.5 Å². The van der Waals surface area contributed by atoms with Gasteiger partial charge in [0.25, 0.3) is 5.91 Å². The Morgan fingerprint density at radius 1 is 1.25 bits per heavy atom. The number of fused-ring (bicyclic) bond motifs is 2. The molecular weight excluding hydrogens is 380 g/mol. The molecule has 2 aliphatic rings. The van der Waals surface area contributed by atoms with Crippen molar-refractivity contribution in [2.75, 3.05) is 18.1 Å². The Morgan fingerprint density at radius 3 is 2.86 bits per heavy atom. The summed E-state index contributed by atoms with van der Waals surface area (Å²) < 4.78 is 11.4. The van der Waals surface area contributed by atoms with Crippen molar-refractivity contribution in [2.24, 2.45) is 0 Å². The topological polar surface area (TPSA) is 67.9 Å². The third-order valence-corrected chi connectivity index (χ3v) is 5.19. The number of amides is 2. The summed E-state index contributed by atoms with van der Waals surface area (Å²) >= 11 is 6.16. The Bertz CT molecular complexity index is 944. The molecule has 0 spiro atoms. The minimum absolute atomic E-state index is 0.102. The van der Waals surface area contributed by atoms with E-state index >= 15 is 0 Å². The predicted octanol–water partition coefficient (Wildman–Crippen LogP) is 3.48. The highest BCUT2D eigenvalue weighted by Gasteiger charge is 2.35. The van der Waals surface area contributed by atoms with Gasteiger partial charge in [-0.1, -0.05) is 35.9 Å². The van der Waals surface area contributed by atoms with Crippen LogP contribution >= 0.6 is 11.6 Å². The maximum atomic E-state index is 12.8. The molecule has 2 aliphatic heterocycles. The van der Waals surface area contributed by atoms with Crippen molar-refractivity contribution in [1.82, 2.24) is 5.32 Å². The minimum Gasteiger partial charge on any atom is -0.487 e. The van der Waals surface area contributed by atoms with Gasteiger partial charge in [-0.3, -0.25) is 14.5 Å². The van der Waals surface area contributed by atoms with E-state index in [1.54, 1.807) is 18.2 Å². The monoisotopic (exact) mass is 400 g/mol. The van der Waals surface area contributed by atoms with Crippen LogP contribution in [0.15, 0.2) is 42.5 Å². The van der Waals surface area contributed by atoms with Gasteiger partial charge in [-0.2, -0.15) is 0 Å². The van der Waals surface area contributed by atoms with E-state index in [1.165, 1.54) is 4.90 Å². The van der Waals surface area contributed by atoms with Crippen LogP contribution in [0.4, 0.5) is 5.69 Å². The molecule has 0 fully saturated rings. The van der Waals surface area contributed by atoms with Crippen LogP contribution < -0.4 is 19.7 Å². The van der Waals surface area contributed by atoms with Crippen LogP contribution in [0.1, 0.15) is 31.9 Å². The lowest BCUT2D eigenvalue weighted by Crippen LogP contribution is -2.47. The summed E-state index contributed by atoms with van der Waals surface area (Å²) in [7, 11) is 0. The van der Waals surface area contributed by atoms with Gasteiger partial charge in [0, 0.05) is 12.0 Å². The highest BCUT2D eigenvalue weighted by atomic mass is 35.5. The van der Waals surface area contributed by atoms with E-state index in [4.69, 9.17) is 21.1 Å². The van der Waals surface area contributed by atoms with E-state index in [0.717, 1.165) is 11.3 Å². The van der Waals surface area contributed by atoms with Gasteiger partial charge in [-0.15, -0.1) is 0 Å². The highest BCUT2D eigenvalue weighted by Crippen LogP contribution is 2.40. The Hall–Kier alpha value is -2.73. The molecule has 0 saturated carbocycles. The number of halogens is 1. The van der Waals surface area contributed by atoms with E-state index in [9.17, 15) is 9.59 Å². The molecule has 4 rings (SSSR count). The zero-order valence-electron chi connectivity index (χ0n) is 15.7. The molecule has 7 heteroatoms. The summed E-state index contributed by atoms with van der Waals surface area (Å²) in [6, 6.07) is 12.6. The fourth-order valence-electron chi connectivity index (χ4n) is 3.69. The largest absolute Gasteiger partial charge is 0.487 e. The lowest BCUT2D eigenvalue weighted by atomic mass is 9.89. The fraction of sp³-hybridized carbons (Fsp3) is 0.333. The molecule has 6 nitrogen and oxygen atoms in total. The number of benzene rings is 2. The first kappa shape index (κ1) is 18.6. The van der Waals surface area contributed by atoms with Gasteiger partial charge in [0.15, 0.2) is 12.4 Å². The second kappa shape index (κ2) is 7.02. The SMILES string of the molecule is CC1(C)C[C@@H](NC(=O)CN2C(=O)COc3c(Cl)cccc32)c2ccccc2O1. The molecule has 146 valence electrons. The fourth-order valence-corrected chi connectivity index (χ4v) is 3.91. The van der Waals surface area contributed by atoms with Crippen LogP contribution in [0, 0.1) is 0 Å². The summed E-state index contributed by atoms with van der Waals surface area (Å²) in [4.78, 5) is 26.6. The van der Waals surface area contributed by atoms with Gasteiger partial charge in [-0.25, -0.2) is 0 Å². The maximum Gasteiger partial charge on any atom is 0.265 e. The van der Waals surface area contributed by atoms with Crippen LogP contribution in [0.25, 0.3) is 0 Å². The molecule has 0 aromatic heterocycles. The maximum absolute atomic E-state index is 12.8. The van der Waals surface area contributed by atoms with Gasteiger partial charge in [0.2, 0.25) is 5.91 Å². The smallest absolute Gasteiger partial charge is 0.265 e. The van der Waals surface area contributed by atoms with Crippen LogP contribution in [0.5, 0.6) is 11.5 Å². The number of nitrogens with one attached hydrogen (secondary N) is 1. The summed E-state index contributed by atoms with van der Waals surface area (Å²) in [5.74, 6) is 0.661. The van der Waals surface area contributed by atoms with Gasteiger partial charge in [0.1, 0.15) is 17.9 Å². The average Bonchev–Trinajstić information content (AvgIpc) is 2.63. The van der Waals surface area contributed by atoms with Gasteiger partial charge < -0.3 is 14.8 Å². The minimum atomic E-state index is -0.402. The number of nitrogens with zero attached hydrogens (tertiary/aromatic N) is 1. The van der Waals surface area contributed by atoms with Gasteiger partial charge in [-0.05, 0) is 32.0 Å². The zero-order valence-corrected chi connectivity index (χ0v) is 16.5. The Kier molecular flexibility index (Phi) is 4.67. The van der Waals surface area contributed by atoms with Crippen molar-refractivity contribution >= 4 is 29.1 Å².